The monoisotopic (exact) mass is 439 g/mol. The summed E-state index contributed by atoms with van der Waals surface area (Å²) >= 11 is 1.49. The molecule has 0 bridgehead atoms. The van der Waals surface area contributed by atoms with Gasteiger partial charge in [0.15, 0.2) is 0 Å². The summed E-state index contributed by atoms with van der Waals surface area (Å²) in [6.45, 7) is -0.0491. The lowest BCUT2D eigenvalue weighted by molar-refractivity contribution is -0.140. The highest BCUT2D eigenvalue weighted by Gasteiger charge is 2.57. The van der Waals surface area contributed by atoms with Gasteiger partial charge in [0.1, 0.15) is 5.75 Å². The molecule has 7 nitrogen and oxygen atoms in total. The van der Waals surface area contributed by atoms with E-state index in [0.717, 1.165) is 4.88 Å². The van der Waals surface area contributed by atoms with Crippen LogP contribution in [0.1, 0.15) is 29.4 Å². The summed E-state index contributed by atoms with van der Waals surface area (Å²) in [7, 11) is -1.27. The zero-order chi connectivity index (χ0) is 21.7. The van der Waals surface area contributed by atoms with Crippen molar-refractivity contribution in [1.82, 2.24) is 4.90 Å². The van der Waals surface area contributed by atoms with Crippen molar-refractivity contribution in [2.45, 2.75) is 25.5 Å². The van der Waals surface area contributed by atoms with Crippen molar-refractivity contribution in [3.63, 3.8) is 0 Å². The quantitative estimate of drug-likeness (QED) is 0.497. The Hall–Kier alpha value is -2.46. The van der Waals surface area contributed by atoms with Gasteiger partial charge in [-0.2, -0.15) is 0 Å². The van der Waals surface area contributed by atoms with Gasteiger partial charge in [-0.1, -0.05) is 18.2 Å². The molecule has 1 aliphatic carbocycles. The number of likely N-dealkylation sites (tertiary alicyclic amines) is 1. The normalized spacial score (nSPS) is 28.2. The molecule has 4 atom stereocenters. The van der Waals surface area contributed by atoms with E-state index in [9.17, 15) is 24.8 Å². The molecule has 160 valence electrons. The standard InChI is InChI=1S/C22H22BNO6S/c25-11-13-8-17-19(22(28)24(21(17)27)10-15-5-2-6-31-15)16-9-18(30-23(29)20(13)16)12-3-1-4-14(26)7-12/h1-7,16-19,25-26,29H,8-11H2/t16-,17-,18-,19+/m0/s1. The van der Waals surface area contributed by atoms with Gasteiger partial charge in [-0.3, -0.25) is 14.5 Å². The van der Waals surface area contributed by atoms with E-state index in [2.05, 4.69) is 0 Å². The first-order chi connectivity index (χ1) is 15.0. The zero-order valence-electron chi connectivity index (χ0n) is 16.7. The van der Waals surface area contributed by atoms with E-state index in [-0.39, 0.29) is 37.1 Å². The molecule has 2 saturated heterocycles. The van der Waals surface area contributed by atoms with Crippen molar-refractivity contribution in [3.8, 4) is 5.75 Å². The fourth-order valence-corrected chi connectivity index (χ4v) is 5.97. The molecule has 5 rings (SSSR count). The van der Waals surface area contributed by atoms with E-state index in [1.54, 1.807) is 24.3 Å². The van der Waals surface area contributed by atoms with Crippen molar-refractivity contribution < 1.29 is 29.5 Å². The molecule has 1 aromatic heterocycles. The minimum atomic E-state index is -1.27. The van der Waals surface area contributed by atoms with Crippen LogP contribution in [0.2, 0.25) is 0 Å². The Bertz CT molecular complexity index is 1050. The fourth-order valence-electron chi connectivity index (χ4n) is 5.28. The summed E-state index contributed by atoms with van der Waals surface area (Å²) in [5.41, 5.74) is 1.80. The number of rotatable bonds is 4. The van der Waals surface area contributed by atoms with Crippen molar-refractivity contribution >= 4 is 30.3 Å². The largest absolute Gasteiger partial charge is 0.508 e. The number of amides is 2. The van der Waals surface area contributed by atoms with Gasteiger partial charge in [-0.05, 0) is 58.9 Å². The van der Waals surface area contributed by atoms with Gasteiger partial charge in [-0.15, -0.1) is 11.3 Å². The Labute approximate surface area is 183 Å². The smallest absolute Gasteiger partial charge is 0.487 e. The molecule has 3 N–H and O–H groups in total. The fraction of sp³-hybridized carbons (Fsp3) is 0.364. The number of aromatic hydroxyl groups is 1. The van der Waals surface area contributed by atoms with E-state index in [1.165, 1.54) is 16.2 Å². The van der Waals surface area contributed by atoms with Gasteiger partial charge in [0, 0.05) is 4.88 Å². The number of hydrogen-bond donors (Lipinski definition) is 3. The molecule has 2 amide bonds. The summed E-state index contributed by atoms with van der Waals surface area (Å²) in [4.78, 5) is 28.8. The van der Waals surface area contributed by atoms with E-state index < -0.39 is 31.0 Å². The number of carbonyl (C=O) groups excluding carboxylic acids is 2. The molecule has 9 heteroatoms. The van der Waals surface area contributed by atoms with E-state index in [4.69, 9.17) is 4.65 Å². The number of allylic oxidation sites excluding steroid dienone is 1. The maximum absolute atomic E-state index is 13.4. The number of fused-ring (bicyclic) bond motifs is 3. The van der Waals surface area contributed by atoms with Crippen molar-refractivity contribution in [1.29, 1.82) is 0 Å². The van der Waals surface area contributed by atoms with Gasteiger partial charge in [0.05, 0.1) is 31.1 Å². The number of carbonyl (C=O) groups is 2. The van der Waals surface area contributed by atoms with Gasteiger partial charge >= 0.3 is 7.12 Å². The molecular weight excluding hydrogens is 417 g/mol. The highest BCUT2D eigenvalue weighted by atomic mass is 32.1. The Morgan fingerprint density at radius 3 is 2.71 bits per heavy atom. The topological polar surface area (TPSA) is 107 Å². The SMILES string of the molecule is O=C1[C@H]2[C@H](CC(CO)=C3B(O)O[C@H](c4cccc(O)c4)C[C@H]32)C(=O)N1Cc1cccs1. The number of phenolic OH excluding ortho intramolecular Hbond substituents is 1. The summed E-state index contributed by atoms with van der Waals surface area (Å²) in [6.07, 6.45) is 0.0889. The lowest BCUT2D eigenvalue weighted by Gasteiger charge is -2.41. The molecule has 0 unspecified atom stereocenters. The molecule has 0 spiro atoms. The van der Waals surface area contributed by atoms with Crippen molar-refractivity contribution in [2.24, 2.45) is 17.8 Å². The first-order valence-corrected chi connectivity index (χ1v) is 11.2. The molecule has 3 aliphatic rings. The summed E-state index contributed by atoms with van der Waals surface area (Å²) in [5, 5.41) is 32.5. The van der Waals surface area contributed by atoms with Crippen LogP contribution in [0.25, 0.3) is 0 Å². The number of hydrogen-bond acceptors (Lipinski definition) is 7. The van der Waals surface area contributed by atoms with Crippen LogP contribution in [0.4, 0.5) is 0 Å². The third-order valence-corrected chi connectivity index (χ3v) is 7.49. The van der Waals surface area contributed by atoms with Crippen LogP contribution in [-0.2, 0) is 20.8 Å². The number of benzene rings is 1. The van der Waals surface area contributed by atoms with Gasteiger partial charge in [0.25, 0.3) is 0 Å². The van der Waals surface area contributed by atoms with Crippen LogP contribution in [0, 0.1) is 17.8 Å². The van der Waals surface area contributed by atoms with Crippen LogP contribution >= 0.6 is 11.3 Å². The number of thiophene rings is 1. The average Bonchev–Trinajstić information content (AvgIpc) is 3.36. The minimum absolute atomic E-state index is 0.0868. The zero-order valence-corrected chi connectivity index (χ0v) is 17.5. The Balaban J connectivity index is 1.50. The number of phenols is 1. The average molecular weight is 439 g/mol. The van der Waals surface area contributed by atoms with Crippen LogP contribution in [-0.4, -0.2) is 45.7 Å². The first-order valence-electron chi connectivity index (χ1n) is 10.3. The number of aliphatic hydroxyl groups is 1. The Morgan fingerprint density at radius 2 is 2.00 bits per heavy atom. The van der Waals surface area contributed by atoms with Crippen LogP contribution in [0.3, 0.4) is 0 Å². The van der Waals surface area contributed by atoms with Crippen molar-refractivity contribution in [2.75, 3.05) is 6.61 Å². The third kappa shape index (κ3) is 3.42. The highest BCUT2D eigenvalue weighted by molar-refractivity contribution is 7.09. The predicted octanol–water partition coefficient (Wildman–Crippen LogP) is 2.04. The molecule has 3 heterocycles. The Kier molecular flexibility index (Phi) is 5.22. The molecule has 2 aromatic rings. The van der Waals surface area contributed by atoms with Gasteiger partial charge < -0.3 is 19.9 Å². The van der Waals surface area contributed by atoms with Gasteiger partial charge in [0.2, 0.25) is 11.8 Å². The minimum Gasteiger partial charge on any atom is -0.508 e. The Morgan fingerprint density at radius 1 is 1.16 bits per heavy atom. The second kappa shape index (κ2) is 7.91. The van der Waals surface area contributed by atoms with Crippen LogP contribution in [0.5, 0.6) is 5.75 Å². The second-order valence-corrected chi connectivity index (χ2v) is 9.34. The molecule has 31 heavy (non-hydrogen) atoms. The summed E-state index contributed by atoms with van der Waals surface area (Å²) in [6, 6.07) is 10.4. The molecule has 2 aliphatic heterocycles. The highest BCUT2D eigenvalue weighted by Crippen LogP contribution is 2.51. The maximum atomic E-state index is 13.4. The predicted molar refractivity (Wildman–Crippen MR) is 114 cm³/mol. The summed E-state index contributed by atoms with van der Waals surface area (Å²) in [5.74, 6) is -1.91. The second-order valence-electron chi connectivity index (χ2n) is 8.31. The third-order valence-electron chi connectivity index (χ3n) is 6.63. The molecule has 0 saturated carbocycles. The van der Waals surface area contributed by atoms with Crippen LogP contribution in [0.15, 0.2) is 52.8 Å². The van der Waals surface area contributed by atoms with E-state index in [1.807, 2.05) is 17.5 Å². The first kappa shape index (κ1) is 20.4. The molecule has 2 fully saturated rings. The molecule has 0 radical (unpaired) electrons. The van der Waals surface area contributed by atoms with Gasteiger partial charge in [-0.25, -0.2) is 0 Å². The molecular formula is C22H22BNO6S. The number of imide groups is 1. The lowest BCUT2D eigenvalue weighted by atomic mass is 9.55. The van der Waals surface area contributed by atoms with E-state index in [0.29, 0.717) is 23.0 Å². The summed E-state index contributed by atoms with van der Waals surface area (Å²) < 4.78 is 5.82. The maximum Gasteiger partial charge on any atom is 0.487 e. The number of nitrogens with zero attached hydrogens (tertiary/aromatic N) is 1. The number of aliphatic hydroxyl groups excluding tert-OH is 1. The van der Waals surface area contributed by atoms with Crippen molar-refractivity contribution in [3.05, 3.63) is 63.3 Å². The lowest BCUT2D eigenvalue weighted by Crippen LogP contribution is -2.45. The van der Waals surface area contributed by atoms with Crippen LogP contribution < -0.4 is 0 Å². The molecule has 1 aromatic carbocycles. The van der Waals surface area contributed by atoms with E-state index >= 15 is 0 Å².